The Kier molecular flexibility index (Phi) is 27.9. The molecule has 9 amide bonds. The summed E-state index contributed by atoms with van der Waals surface area (Å²) in [6.45, 7) is 16.0. The smallest absolute Gasteiger partial charge is 0.410 e. The molecule has 24 heteroatoms. The summed E-state index contributed by atoms with van der Waals surface area (Å²) in [4.78, 5) is 120. The number of imide groups is 1. The van der Waals surface area contributed by atoms with E-state index in [4.69, 9.17) is 29.4 Å². The maximum absolute atomic E-state index is 13.9. The van der Waals surface area contributed by atoms with Crippen molar-refractivity contribution in [2.75, 3.05) is 51.7 Å². The fraction of sp³-hybridized carbons (Fsp3) is 0.635. The van der Waals surface area contributed by atoms with Gasteiger partial charge in [0, 0.05) is 82.5 Å². The maximum Gasteiger partial charge on any atom is 0.410 e. The van der Waals surface area contributed by atoms with Crippen LogP contribution in [0, 0.1) is 23.7 Å². The minimum atomic E-state index is -1.10. The number of nitrogens with zero attached hydrogens (tertiary/aromatic N) is 3. The Morgan fingerprint density at radius 3 is 2.20 bits per heavy atom. The molecule has 0 saturated carbocycles. The number of piperazine rings is 1. The molecule has 1 aromatic carbocycles. The molecule has 2 fully saturated rings. The van der Waals surface area contributed by atoms with Gasteiger partial charge in [0.1, 0.15) is 30.4 Å². The number of amides is 9. The molecule has 5 rings (SSSR count). The highest BCUT2D eigenvalue weighted by Gasteiger charge is 2.45. The zero-order chi connectivity index (χ0) is 64.0. The second-order valence-electron chi connectivity index (χ2n) is 23.8. The fourth-order valence-electron chi connectivity index (χ4n) is 10.6. The van der Waals surface area contributed by atoms with Crippen LogP contribution in [0.25, 0.3) is 0 Å². The number of esters is 1. The van der Waals surface area contributed by atoms with Gasteiger partial charge in [-0.3, -0.25) is 33.7 Å². The second-order valence-corrected chi connectivity index (χ2v) is 23.8. The summed E-state index contributed by atoms with van der Waals surface area (Å²) in [5.41, 5.74) is 5.90. The zero-order valence-corrected chi connectivity index (χ0v) is 52.0. The van der Waals surface area contributed by atoms with Gasteiger partial charge in [0.25, 0.3) is 11.8 Å². The number of urea groups is 1. The van der Waals surface area contributed by atoms with Crippen LogP contribution in [0.1, 0.15) is 132 Å². The minimum absolute atomic E-state index is 0.0456. The Morgan fingerprint density at radius 1 is 0.897 bits per heavy atom. The number of cyclic esters (lactones) is 1. The SMILES string of the molecule is CCC(O)C(C)[C@@H]1O[C@H]1CC(C)/C=C/C=C(\C)[C@H]1OC(=O)C[C@H](O)CC[C@@](C)(OC)[C@@H](OC(=O)N2CCN(C(=O)OCc3ccc(NC(=O)C(NC(=O)C(CCCNC(N)=O)NC(=O)CCCCCN4C(=O)C=CC4=O)C(C)C)cc3)CC2)/C=C/[C@@H]1C. The van der Waals surface area contributed by atoms with Crippen LogP contribution < -0.4 is 27.0 Å². The molecule has 0 spiro atoms. The van der Waals surface area contributed by atoms with E-state index in [0.29, 0.717) is 43.4 Å². The number of primary amides is 1. The van der Waals surface area contributed by atoms with E-state index >= 15 is 0 Å². The molecular weight excluding hydrogens is 1120 g/mol. The van der Waals surface area contributed by atoms with Crippen LogP contribution in [0.15, 0.2) is 72.4 Å². The predicted octanol–water partition coefficient (Wildman–Crippen LogP) is 5.70. The highest BCUT2D eigenvalue weighted by Crippen LogP contribution is 2.37. The normalized spacial score (nSPS) is 24.9. The number of aliphatic hydroxyl groups excluding tert-OH is 2. The maximum atomic E-state index is 13.9. The lowest BCUT2D eigenvalue weighted by molar-refractivity contribution is -0.151. The van der Waals surface area contributed by atoms with Gasteiger partial charge in [-0.2, -0.15) is 0 Å². The van der Waals surface area contributed by atoms with Gasteiger partial charge in [-0.1, -0.05) is 84.4 Å². The summed E-state index contributed by atoms with van der Waals surface area (Å²) >= 11 is 0. The Hall–Kier alpha value is -7.15. The number of carbonyl (C=O) groups excluding carboxylic acids is 9. The van der Waals surface area contributed by atoms with Crippen molar-refractivity contribution in [1.29, 1.82) is 0 Å². The summed E-state index contributed by atoms with van der Waals surface area (Å²) in [6.07, 6.45) is 11.4. The van der Waals surface area contributed by atoms with Gasteiger partial charge in [-0.05, 0) is 106 Å². The van der Waals surface area contributed by atoms with Gasteiger partial charge in [0.15, 0.2) is 6.10 Å². The van der Waals surface area contributed by atoms with E-state index in [1.807, 2.05) is 45.9 Å². The Bertz CT molecular complexity index is 2620. The lowest BCUT2D eigenvalue weighted by atomic mass is 9.88. The van der Waals surface area contributed by atoms with Gasteiger partial charge in [0.2, 0.25) is 17.7 Å². The molecule has 4 aliphatic rings. The molecule has 4 aliphatic heterocycles. The Morgan fingerprint density at radius 2 is 1.56 bits per heavy atom. The number of hydrogen-bond acceptors (Lipinski definition) is 16. The van der Waals surface area contributed by atoms with E-state index in [9.17, 15) is 53.4 Å². The Labute approximate surface area is 511 Å². The van der Waals surface area contributed by atoms with E-state index in [0.717, 1.165) is 16.9 Å². The molecule has 2 saturated heterocycles. The van der Waals surface area contributed by atoms with Crippen molar-refractivity contribution in [1.82, 2.24) is 30.7 Å². The van der Waals surface area contributed by atoms with Crippen LogP contribution in [0.2, 0.25) is 0 Å². The van der Waals surface area contributed by atoms with Crippen LogP contribution in [0.4, 0.5) is 20.1 Å². The summed E-state index contributed by atoms with van der Waals surface area (Å²) < 4.78 is 29.7. The third-order valence-corrected chi connectivity index (χ3v) is 16.4. The molecule has 482 valence electrons. The molecule has 87 heavy (non-hydrogen) atoms. The van der Waals surface area contributed by atoms with Gasteiger partial charge >= 0.3 is 24.2 Å². The van der Waals surface area contributed by atoms with Crippen LogP contribution >= 0.6 is 0 Å². The zero-order valence-electron chi connectivity index (χ0n) is 52.0. The van der Waals surface area contributed by atoms with Crippen molar-refractivity contribution in [3.63, 3.8) is 0 Å². The number of rotatable bonds is 28. The third-order valence-electron chi connectivity index (χ3n) is 16.4. The standard InChI is InChI=1S/C63H94N8O16/c1-10-48(73)43(7)57-49(85-57)36-40(4)16-14-17-41(5)56-42(6)20-25-50(63(8,83-9)29-28-46(72)37-54(77)87-56)86-62(82)70-34-32-69(33-35-70)61(81)84-38-44-21-23-45(24-22-44)66-59(79)55(39(2)3)68-58(78)47(18-15-30-65-60(64)80)67-51(74)19-12-11-13-31-71-52(75)26-27-53(71)76/h14,16-17,20-27,39-40,42-43,46-50,55-57,72-73H,10-13,15,18-19,28-38H2,1-9H3,(H,66,79)(H,67,74)(H,68,78)(H3,64,65,80)/b16-14+,25-20+,41-17+/t40?,42-,43?,46+,47?,48?,49-,50-,55?,56+,57-,63+/m0/s1. The monoisotopic (exact) mass is 1220 g/mol. The van der Waals surface area contributed by atoms with Gasteiger partial charge in [-0.15, -0.1) is 0 Å². The molecule has 24 nitrogen and oxygen atoms in total. The quantitative estimate of drug-likeness (QED) is 0.0101. The lowest BCUT2D eigenvalue weighted by Gasteiger charge is -2.38. The molecular formula is C63H94N8O16. The van der Waals surface area contributed by atoms with Gasteiger partial charge in [0.05, 0.1) is 30.8 Å². The number of nitrogens with two attached hydrogens (primary N) is 1. The summed E-state index contributed by atoms with van der Waals surface area (Å²) in [5.74, 6) is -3.33. The van der Waals surface area contributed by atoms with Crippen molar-refractivity contribution in [3.05, 3.63) is 77.9 Å². The first kappa shape index (κ1) is 70.6. The molecule has 0 bridgehead atoms. The van der Waals surface area contributed by atoms with E-state index in [1.165, 1.54) is 29.1 Å². The fourth-order valence-corrected chi connectivity index (χ4v) is 10.6. The first-order valence-electron chi connectivity index (χ1n) is 30.6. The van der Waals surface area contributed by atoms with Crippen molar-refractivity contribution >= 4 is 59.4 Å². The summed E-state index contributed by atoms with van der Waals surface area (Å²) in [6, 6.07) is 3.80. The van der Waals surface area contributed by atoms with Crippen LogP contribution in [0.5, 0.6) is 0 Å². The van der Waals surface area contributed by atoms with Crippen molar-refractivity contribution in [2.24, 2.45) is 29.4 Å². The van der Waals surface area contributed by atoms with E-state index in [2.05, 4.69) is 34.3 Å². The number of allylic oxidation sites excluding steroid dienone is 3. The van der Waals surface area contributed by atoms with Crippen LogP contribution in [-0.2, 0) is 59.1 Å². The number of benzene rings is 1. The number of epoxide rings is 1. The van der Waals surface area contributed by atoms with E-state index in [-0.39, 0.29) is 126 Å². The van der Waals surface area contributed by atoms with Gasteiger partial charge < -0.3 is 70.7 Å². The molecule has 0 radical (unpaired) electrons. The average molecular weight is 1220 g/mol. The number of unbranched alkanes of at least 4 members (excludes halogenated alkanes) is 2. The van der Waals surface area contributed by atoms with E-state index in [1.54, 1.807) is 51.1 Å². The number of anilines is 1. The third kappa shape index (κ3) is 22.5. The van der Waals surface area contributed by atoms with Crippen LogP contribution in [-0.4, -0.2) is 179 Å². The lowest BCUT2D eigenvalue weighted by Crippen LogP contribution is -2.54. The first-order valence-corrected chi connectivity index (χ1v) is 30.6. The Balaban J connectivity index is 1.10. The number of hydrogen-bond donors (Lipinski definition) is 7. The predicted molar refractivity (Wildman–Crippen MR) is 323 cm³/mol. The number of carbonyl (C=O) groups is 9. The highest BCUT2D eigenvalue weighted by atomic mass is 16.6. The second kappa shape index (κ2) is 34.4. The minimum Gasteiger partial charge on any atom is -0.457 e. The van der Waals surface area contributed by atoms with Crippen LogP contribution in [0.3, 0.4) is 0 Å². The number of nitrogens with one attached hydrogen (secondary N) is 4. The molecule has 0 aliphatic carbocycles. The largest absolute Gasteiger partial charge is 0.457 e. The van der Waals surface area contributed by atoms with Gasteiger partial charge in [-0.25, -0.2) is 14.4 Å². The molecule has 0 aromatic heterocycles. The van der Waals surface area contributed by atoms with Crippen molar-refractivity contribution < 1.29 is 77.0 Å². The molecule has 1 aromatic rings. The highest BCUT2D eigenvalue weighted by molar-refractivity contribution is 6.12. The molecule has 8 N–H and O–H groups in total. The average Bonchev–Trinajstić information content (AvgIpc) is 2.92. The molecule has 5 unspecified atom stereocenters. The van der Waals surface area contributed by atoms with Crippen molar-refractivity contribution in [3.8, 4) is 0 Å². The summed E-state index contributed by atoms with van der Waals surface area (Å²) in [5, 5.41) is 32.0. The van der Waals surface area contributed by atoms with E-state index < -0.39 is 84.0 Å². The van der Waals surface area contributed by atoms with Crippen molar-refractivity contribution in [2.45, 2.75) is 187 Å². The first-order chi connectivity index (χ1) is 41.3. The number of ether oxygens (including phenoxy) is 5. The number of methoxy groups -OCH3 is 1. The molecule has 12 atom stereocenters. The number of aliphatic hydroxyl groups is 2. The summed E-state index contributed by atoms with van der Waals surface area (Å²) in [7, 11) is 1.50. The molecule has 4 heterocycles. The topological polar surface area (TPSA) is 327 Å².